The van der Waals surface area contributed by atoms with E-state index in [1.165, 1.54) is 11.0 Å². The van der Waals surface area contributed by atoms with Crippen molar-refractivity contribution in [1.82, 2.24) is 15.1 Å². The minimum atomic E-state index is -0.459. The summed E-state index contributed by atoms with van der Waals surface area (Å²) in [4.78, 5) is 40.3. The quantitative estimate of drug-likeness (QED) is 0.771. The first-order valence-electron chi connectivity index (χ1n) is 10.0. The fourth-order valence-electron chi connectivity index (χ4n) is 3.73. The molecular formula is C21H28FN3O4. The van der Waals surface area contributed by atoms with Crippen molar-refractivity contribution in [3.05, 3.63) is 35.6 Å². The second-order valence-corrected chi connectivity index (χ2v) is 8.14. The zero-order chi connectivity index (χ0) is 21.0. The van der Waals surface area contributed by atoms with E-state index >= 15 is 0 Å². The second-order valence-electron chi connectivity index (χ2n) is 8.14. The summed E-state index contributed by atoms with van der Waals surface area (Å²) in [5.41, 5.74) is 0.432. The number of amides is 3. The Morgan fingerprint density at radius 3 is 2.69 bits per heavy atom. The van der Waals surface area contributed by atoms with Crippen LogP contribution in [0.15, 0.2) is 24.3 Å². The number of hydrogen-bond acceptors (Lipinski definition) is 4. The van der Waals surface area contributed by atoms with Gasteiger partial charge in [-0.1, -0.05) is 32.0 Å². The number of carbonyl (C=O) groups is 3. The minimum absolute atomic E-state index is 0.0319. The standard InChI is InChI=1S/C21H28FN3O4/c1-14(2)9-24-10-17(29-13-15-5-3-4-6-18(15)22)11-25(12-20(24)27)21(28)16-7-19(26)23-8-16/h3-6,14,16-17H,7-13H2,1-2H3,(H,23,26)/t16-,17+/m0/s1. The van der Waals surface area contributed by atoms with Gasteiger partial charge in [-0.15, -0.1) is 0 Å². The van der Waals surface area contributed by atoms with Crippen molar-refractivity contribution >= 4 is 17.7 Å². The third-order valence-corrected chi connectivity index (χ3v) is 5.18. The average Bonchev–Trinajstić information content (AvgIpc) is 3.04. The lowest BCUT2D eigenvalue weighted by molar-refractivity contribution is -0.141. The Labute approximate surface area is 170 Å². The van der Waals surface area contributed by atoms with Crippen LogP contribution in [0.3, 0.4) is 0 Å². The van der Waals surface area contributed by atoms with Gasteiger partial charge < -0.3 is 19.9 Å². The van der Waals surface area contributed by atoms with E-state index in [2.05, 4.69) is 5.32 Å². The topological polar surface area (TPSA) is 79.0 Å². The number of ether oxygens (including phenoxy) is 1. The first-order valence-corrected chi connectivity index (χ1v) is 10.0. The van der Waals surface area contributed by atoms with Crippen LogP contribution in [-0.2, 0) is 25.7 Å². The van der Waals surface area contributed by atoms with Crippen molar-refractivity contribution in [2.45, 2.75) is 33.0 Å². The summed E-state index contributed by atoms with van der Waals surface area (Å²) in [6.07, 6.45) is -0.297. The van der Waals surface area contributed by atoms with Gasteiger partial charge in [0.05, 0.1) is 25.2 Å². The molecule has 1 aromatic rings. The Morgan fingerprint density at radius 2 is 2.03 bits per heavy atom. The molecule has 2 saturated heterocycles. The summed E-state index contributed by atoms with van der Waals surface area (Å²) < 4.78 is 19.9. The van der Waals surface area contributed by atoms with Crippen LogP contribution in [0.2, 0.25) is 0 Å². The van der Waals surface area contributed by atoms with Crippen molar-refractivity contribution in [3.63, 3.8) is 0 Å². The lowest BCUT2D eigenvalue weighted by atomic mass is 10.1. The molecule has 8 heteroatoms. The fraction of sp³-hybridized carbons (Fsp3) is 0.571. The molecule has 7 nitrogen and oxygen atoms in total. The largest absolute Gasteiger partial charge is 0.370 e. The number of rotatable bonds is 6. The number of benzene rings is 1. The highest BCUT2D eigenvalue weighted by Gasteiger charge is 2.36. The molecule has 3 rings (SSSR count). The minimum Gasteiger partial charge on any atom is -0.370 e. The molecule has 0 unspecified atom stereocenters. The highest BCUT2D eigenvalue weighted by molar-refractivity contribution is 5.91. The van der Waals surface area contributed by atoms with Crippen LogP contribution in [0.5, 0.6) is 0 Å². The molecule has 0 aromatic heterocycles. The molecule has 1 aromatic carbocycles. The van der Waals surface area contributed by atoms with E-state index in [0.717, 1.165) is 0 Å². The van der Waals surface area contributed by atoms with Crippen LogP contribution in [-0.4, -0.2) is 66.3 Å². The molecule has 0 spiro atoms. The predicted octanol–water partition coefficient (Wildman–Crippen LogP) is 1.17. The molecule has 158 valence electrons. The smallest absolute Gasteiger partial charge is 0.242 e. The highest BCUT2D eigenvalue weighted by atomic mass is 19.1. The number of carbonyl (C=O) groups excluding carboxylic acids is 3. The third-order valence-electron chi connectivity index (χ3n) is 5.18. The van der Waals surface area contributed by atoms with Gasteiger partial charge in [-0.2, -0.15) is 0 Å². The Bertz CT molecular complexity index is 770. The summed E-state index contributed by atoms with van der Waals surface area (Å²) in [6, 6.07) is 6.39. The van der Waals surface area contributed by atoms with Crippen molar-refractivity contribution in [2.75, 3.05) is 32.7 Å². The molecule has 2 aliphatic heterocycles. The van der Waals surface area contributed by atoms with Gasteiger partial charge in [0, 0.05) is 38.2 Å². The Hall–Kier alpha value is -2.48. The zero-order valence-corrected chi connectivity index (χ0v) is 16.9. The van der Waals surface area contributed by atoms with Gasteiger partial charge in [0.15, 0.2) is 0 Å². The van der Waals surface area contributed by atoms with Gasteiger partial charge in [-0.3, -0.25) is 14.4 Å². The van der Waals surface area contributed by atoms with Crippen LogP contribution in [0.1, 0.15) is 25.8 Å². The highest BCUT2D eigenvalue weighted by Crippen LogP contribution is 2.18. The van der Waals surface area contributed by atoms with Crippen LogP contribution in [0.4, 0.5) is 4.39 Å². The normalized spacial score (nSPS) is 22.8. The molecule has 0 radical (unpaired) electrons. The summed E-state index contributed by atoms with van der Waals surface area (Å²) >= 11 is 0. The third kappa shape index (κ3) is 5.53. The first kappa shape index (κ1) is 21.2. The van der Waals surface area contributed by atoms with Gasteiger partial charge in [-0.05, 0) is 12.0 Å². The van der Waals surface area contributed by atoms with Crippen LogP contribution in [0, 0.1) is 17.7 Å². The molecule has 3 amide bonds. The van der Waals surface area contributed by atoms with E-state index in [1.807, 2.05) is 13.8 Å². The number of halogens is 1. The van der Waals surface area contributed by atoms with Crippen LogP contribution < -0.4 is 5.32 Å². The van der Waals surface area contributed by atoms with E-state index in [0.29, 0.717) is 25.2 Å². The number of nitrogens with zero attached hydrogens (tertiary/aromatic N) is 2. The van der Waals surface area contributed by atoms with Gasteiger partial charge in [-0.25, -0.2) is 4.39 Å². The van der Waals surface area contributed by atoms with Crippen LogP contribution in [0.25, 0.3) is 0 Å². The maximum Gasteiger partial charge on any atom is 0.242 e. The first-order chi connectivity index (χ1) is 13.8. The van der Waals surface area contributed by atoms with E-state index in [4.69, 9.17) is 4.74 Å². The average molecular weight is 405 g/mol. The van der Waals surface area contributed by atoms with E-state index in [9.17, 15) is 18.8 Å². The number of nitrogens with one attached hydrogen (secondary N) is 1. The van der Waals surface area contributed by atoms with Crippen molar-refractivity contribution in [1.29, 1.82) is 0 Å². The van der Waals surface area contributed by atoms with Gasteiger partial charge in [0.2, 0.25) is 17.7 Å². The van der Waals surface area contributed by atoms with Gasteiger partial charge in [0.25, 0.3) is 0 Å². The monoisotopic (exact) mass is 405 g/mol. The summed E-state index contributed by atoms with van der Waals surface area (Å²) in [7, 11) is 0. The van der Waals surface area contributed by atoms with Gasteiger partial charge in [0.1, 0.15) is 5.82 Å². The lowest BCUT2D eigenvalue weighted by Crippen LogP contribution is -2.43. The lowest BCUT2D eigenvalue weighted by Gasteiger charge is -2.26. The molecule has 29 heavy (non-hydrogen) atoms. The molecule has 0 saturated carbocycles. The number of hydrogen-bond donors (Lipinski definition) is 1. The second kappa shape index (κ2) is 9.35. The van der Waals surface area contributed by atoms with Crippen molar-refractivity contribution in [3.8, 4) is 0 Å². The zero-order valence-electron chi connectivity index (χ0n) is 16.9. The molecule has 2 aliphatic rings. The van der Waals surface area contributed by atoms with E-state index < -0.39 is 12.0 Å². The molecule has 2 atom stereocenters. The molecule has 0 bridgehead atoms. The molecule has 2 heterocycles. The summed E-state index contributed by atoms with van der Waals surface area (Å²) in [6.45, 7) is 5.50. The summed E-state index contributed by atoms with van der Waals surface area (Å²) in [5, 5.41) is 2.66. The van der Waals surface area contributed by atoms with Crippen molar-refractivity contribution < 1.29 is 23.5 Å². The maximum absolute atomic E-state index is 13.9. The Kier molecular flexibility index (Phi) is 6.84. The molecular weight excluding hydrogens is 377 g/mol. The van der Waals surface area contributed by atoms with Gasteiger partial charge >= 0.3 is 0 Å². The molecule has 0 aliphatic carbocycles. The molecule has 2 fully saturated rings. The SMILES string of the molecule is CC(C)CN1C[C@@H](OCc2ccccc2F)CN(C(=O)[C@@H]2CNC(=O)C2)CC1=O. The Balaban J connectivity index is 1.73. The fourth-order valence-corrected chi connectivity index (χ4v) is 3.73. The van der Waals surface area contributed by atoms with Crippen molar-refractivity contribution in [2.24, 2.45) is 11.8 Å². The molecule has 1 N–H and O–H groups in total. The maximum atomic E-state index is 13.9. The Morgan fingerprint density at radius 1 is 1.28 bits per heavy atom. The summed E-state index contributed by atoms with van der Waals surface area (Å²) in [5.74, 6) is -1.05. The van der Waals surface area contributed by atoms with Crippen LogP contribution >= 0.6 is 0 Å². The van der Waals surface area contributed by atoms with E-state index in [1.54, 1.807) is 23.1 Å². The van der Waals surface area contributed by atoms with E-state index in [-0.39, 0.29) is 55.6 Å². The predicted molar refractivity (Wildman–Crippen MR) is 104 cm³/mol.